The molecule has 0 fully saturated rings. The molecule has 0 spiro atoms. The van der Waals surface area contributed by atoms with Gasteiger partial charge in [0.05, 0.1) is 6.61 Å². The Kier molecular flexibility index (Phi) is 7.54. The summed E-state index contributed by atoms with van der Waals surface area (Å²) in [6.45, 7) is 7.43. The van der Waals surface area contributed by atoms with Crippen molar-refractivity contribution >= 4 is 11.8 Å². The fourth-order valence-electron chi connectivity index (χ4n) is 3.33. The van der Waals surface area contributed by atoms with Gasteiger partial charge in [0.2, 0.25) is 5.78 Å². The van der Waals surface area contributed by atoms with Crippen LogP contribution in [0.3, 0.4) is 0 Å². The summed E-state index contributed by atoms with van der Waals surface area (Å²) < 4.78 is 6.14. The average Bonchev–Trinajstić information content (AvgIpc) is 2.67. The zero-order valence-corrected chi connectivity index (χ0v) is 17.7. The molecular formula is C23H26N2O5. The van der Waals surface area contributed by atoms with Crippen molar-refractivity contribution in [1.82, 2.24) is 9.55 Å². The molecule has 0 atom stereocenters. The van der Waals surface area contributed by atoms with Gasteiger partial charge in [-0.1, -0.05) is 19.8 Å². The van der Waals surface area contributed by atoms with Crippen LogP contribution in [-0.4, -0.2) is 27.9 Å². The number of nitrogens with zero attached hydrogens (tertiary/aromatic N) is 1. The van der Waals surface area contributed by atoms with Crippen molar-refractivity contribution in [3.8, 4) is 12.3 Å². The van der Waals surface area contributed by atoms with Gasteiger partial charge in [-0.05, 0) is 49.9 Å². The third-order valence-corrected chi connectivity index (χ3v) is 4.60. The molecule has 0 radical (unpaired) electrons. The molecule has 0 amide bonds. The fourth-order valence-corrected chi connectivity index (χ4v) is 3.33. The van der Waals surface area contributed by atoms with E-state index in [1.807, 2.05) is 6.92 Å². The first-order valence-corrected chi connectivity index (χ1v) is 9.85. The number of nitrogens with one attached hydrogen (secondary N) is 1. The van der Waals surface area contributed by atoms with E-state index in [-0.39, 0.29) is 49.1 Å². The van der Waals surface area contributed by atoms with E-state index < -0.39 is 17.0 Å². The molecule has 1 N–H and O–H groups in total. The number of carbonyl (C=O) groups is 2. The summed E-state index contributed by atoms with van der Waals surface area (Å²) in [5, 5.41) is 0. The average molecular weight is 410 g/mol. The van der Waals surface area contributed by atoms with Gasteiger partial charge in [-0.15, -0.1) is 6.42 Å². The molecule has 1 heterocycles. The molecule has 0 unspecified atom stereocenters. The molecule has 0 saturated carbocycles. The summed E-state index contributed by atoms with van der Waals surface area (Å²) >= 11 is 0. The van der Waals surface area contributed by atoms with Crippen molar-refractivity contribution in [3.63, 3.8) is 0 Å². The summed E-state index contributed by atoms with van der Waals surface area (Å²) in [6.07, 6.45) is 5.86. The van der Waals surface area contributed by atoms with Crippen LogP contribution in [0, 0.1) is 19.3 Å². The zero-order chi connectivity index (χ0) is 22.4. The first-order valence-electron chi connectivity index (χ1n) is 9.85. The summed E-state index contributed by atoms with van der Waals surface area (Å²) in [7, 11) is 0. The maximum Gasteiger partial charge on any atom is 0.328 e. The Morgan fingerprint density at radius 3 is 2.53 bits per heavy atom. The van der Waals surface area contributed by atoms with Crippen LogP contribution in [0.25, 0.3) is 0 Å². The lowest BCUT2D eigenvalue weighted by molar-refractivity contribution is -0.143. The van der Waals surface area contributed by atoms with Crippen molar-refractivity contribution < 1.29 is 14.3 Å². The van der Waals surface area contributed by atoms with E-state index in [0.717, 1.165) is 5.56 Å². The van der Waals surface area contributed by atoms with Crippen molar-refractivity contribution in [2.24, 2.45) is 0 Å². The third kappa shape index (κ3) is 5.15. The number of hydrogen-bond acceptors (Lipinski definition) is 5. The lowest BCUT2D eigenvalue weighted by atomic mass is 9.95. The van der Waals surface area contributed by atoms with Gasteiger partial charge in [0.1, 0.15) is 5.69 Å². The monoisotopic (exact) mass is 410 g/mol. The van der Waals surface area contributed by atoms with Crippen LogP contribution < -0.4 is 11.2 Å². The number of aromatic nitrogens is 2. The molecule has 0 aliphatic carbocycles. The highest BCUT2D eigenvalue weighted by Gasteiger charge is 2.24. The summed E-state index contributed by atoms with van der Waals surface area (Å²) in [6, 6.07) is 5.00. The van der Waals surface area contributed by atoms with E-state index in [1.54, 1.807) is 39.0 Å². The second-order valence-electron chi connectivity index (χ2n) is 7.30. The van der Waals surface area contributed by atoms with Crippen LogP contribution in [-0.2, 0) is 16.1 Å². The van der Waals surface area contributed by atoms with Gasteiger partial charge in [0, 0.05) is 29.7 Å². The van der Waals surface area contributed by atoms with Crippen molar-refractivity contribution in [2.45, 2.75) is 53.0 Å². The Bertz CT molecular complexity index is 1120. The highest BCUT2D eigenvalue weighted by molar-refractivity contribution is 6.09. The quantitative estimate of drug-likeness (QED) is 0.410. The van der Waals surface area contributed by atoms with E-state index in [4.69, 9.17) is 11.2 Å². The molecule has 30 heavy (non-hydrogen) atoms. The minimum absolute atomic E-state index is 0.0242. The molecule has 0 bridgehead atoms. The Balaban J connectivity index is 2.60. The third-order valence-electron chi connectivity index (χ3n) is 4.60. The van der Waals surface area contributed by atoms with Crippen molar-refractivity contribution in [3.05, 3.63) is 67.0 Å². The van der Waals surface area contributed by atoms with Crippen LogP contribution in [0.5, 0.6) is 0 Å². The number of hydrogen-bond donors (Lipinski definition) is 1. The minimum atomic E-state index is -0.693. The Morgan fingerprint density at radius 2 is 1.93 bits per heavy atom. The highest BCUT2D eigenvalue weighted by atomic mass is 16.5. The predicted molar refractivity (Wildman–Crippen MR) is 114 cm³/mol. The topological polar surface area (TPSA) is 98.2 Å². The molecule has 1 aromatic heterocycles. The number of H-pyrrole nitrogens is 1. The van der Waals surface area contributed by atoms with Gasteiger partial charge in [-0.3, -0.25) is 23.9 Å². The number of ketones is 1. The molecule has 0 saturated heterocycles. The standard InChI is InChI=1S/C23H26N2O5/c1-6-16-11-15(5)12-17(13-16)21(27)20-19(14(3)4)22(28)24-23(29)25(20)10-8-9-18(26)30-7-2/h1,11-14H,7-10H2,2-5H3,(H,24,28,29). The van der Waals surface area contributed by atoms with Gasteiger partial charge in [-0.2, -0.15) is 0 Å². The van der Waals surface area contributed by atoms with E-state index in [1.165, 1.54) is 4.57 Å². The number of rotatable bonds is 8. The maximum absolute atomic E-state index is 13.4. The molecule has 2 aromatic rings. The van der Waals surface area contributed by atoms with E-state index in [0.29, 0.717) is 11.1 Å². The highest BCUT2D eigenvalue weighted by Crippen LogP contribution is 2.20. The predicted octanol–water partition coefficient (Wildman–Crippen LogP) is 2.52. The van der Waals surface area contributed by atoms with Crippen LogP contribution >= 0.6 is 0 Å². The number of terminal acetylenes is 1. The number of aromatic amines is 1. The molecule has 7 nitrogen and oxygen atoms in total. The van der Waals surface area contributed by atoms with Gasteiger partial charge in [-0.25, -0.2) is 4.79 Å². The van der Waals surface area contributed by atoms with Gasteiger partial charge in [0.25, 0.3) is 5.56 Å². The SMILES string of the molecule is C#Cc1cc(C)cc(C(=O)c2c(C(C)C)c(=O)[nH]c(=O)n2CCCC(=O)OCC)c1. The Hall–Kier alpha value is -3.40. The zero-order valence-electron chi connectivity index (χ0n) is 17.7. The number of carbonyl (C=O) groups excluding carboxylic acids is 2. The molecule has 0 aliphatic rings. The molecule has 0 aliphatic heterocycles. The van der Waals surface area contributed by atoms with Crippen LogP contribution in [0.4, 0.5) is 0 Å². The number of esters is 1. The van der Waals surface area contributed by atoms with Crippen molar-refractivity contribution in [2.75, 3.05) is 6.61 Å². The van der Waals surface area contributed by atoms with Crippen LogP contribution in [0.2, 0.25) is 0 Å². The second-order valence-corrected chi connectivity index (χ2v) is 7.30. The van der Waals surface area contributed by atoms with Gasteiger partial charge in [0.15, 0.2) is 0 Å². The smallest absolute Gasteiger partial charge is 0.328 e. The van der Waals surface area contributed by atoms with Crippen LogP contribution in [0.1, 0.15) is 72.3 Å². The lowest BCUT2D eigenvalue weighted by Crippen LogP contribution is -2.38. The first-order chi connectivity index (χ1) is 14.2. The minimum Gasteiger partial charge on any atom is -0.466 e. The number of aryl methyl sites for hydroxylation is 1. The Morgan fingerprint density at radius 1 is 1.23 bits per heavy atom. The maximum atomic E-state index is 13.4. The molecule has 1 aromatic carbocycles. The molecule has 2 rings (SSSR count). The van der Waals surface area contributed by atoms with E-state index in [9.17, 15) is 19.2 Å². The fraction of sp³-hybridized carbons (Fsp3) is 0.391. The van der Waals surface area contributed by atoms with E-state index in [2.05, 4.69) is 10.9 Å². The first kappa shape index (κ1) is 22.9. The Labute approximate surface area is 175 Å². The summed E-state index contributed by atoms with van der Waals surface area (Å²) in [4.78, 5) is 52.5. The number of benzene rings is 1. The second kappa shape index (κ2) is 9.88. The normalized spacial score (nSPS) is 10.7. The molecule has 158 valence electrons. The summed E-state index contributed by atoms with van der Waals surface area (Å²) in [5.41, 5.74) is 0.586. The largest absolute Gasteiger partial charge is 0.466 e. The van der Waals surface area contributed by atoms with Gasteiger partial charge >= 0.3 is 11.7 Å². The summed E-state index contributed by atoms with van der Waals surface area (Å²) in [5.74, 6) is 1.36. The van der Waals surface area contributed by atoms with E-state index >= 15 is 0 Å². The van der Waals surface area contributed by atoms with Crippen LogP contribution in [0.15, 0.2) is 27.8 Å². The molecular weight excluding hydrogens is 384 g/mol. The molecule has 7 heteroatoms. The number of ether oxygens (including phenoxy) is 1. The van der Waals surface area contributed by atoms with Gasteiger partial charge < -0.3 is 4.74 Å². The lowest BCUT2D eigenvalue weighted by Gasteiger charge is -2.17. The van der Waals surface area contributed by atoms with Crippen molar-refractivity contribution in [1.29, 1.82) is 0 Å².